The van der Waals surface area contributed by atoms with Crippen LogP contribution in [0.4, 0.5) is 0 Å². The van der Waals surface area contributed by atoms with Crippen molar-refractivity contribution in [3.8, 4) is 0 Å². The molecule has 2 aliphatic carbocycles. The number of aromatic nitrogens is 1. The molecule has 0 saturated heterocycles. The SMILES string of the molecule is CC.c1cc2c(s1)CCCC2.c1nc2c(s1)CCCC2. The highest BCUT2D eigenvalue weighted by Gasteiger charge is 2.10. The van der Waals surface area contributed by atoms with Gasteiger partial charge in [-0.3, -0.25) is 0 Å². The van der Waals surface area contributed by atoms with Crippen molar-refractivity contribution in [1.29, 1.82) is 0 Å². The van der Waals surface area contributed by atoms with E-state index in [1.807, 2.05) is 42.0 Å². The lowest BCUT2D eigenvalue weighted by Gasteiger charge is -2.08. The second-order valence-corrected chi connectivity index (χ2v) is 6.95. The lowest BCUT2D eigenvalue weighted by atomic mass is 10.00. The Hall–Kier alpha value is -0.670. The van der Waals surface area contributed by atoms with Crippen LogP contribution in [0.2, 0.25) is 0 Å². The van der Waals surface area contributed by atoms with E-state index in [1.165, 1.54) is 61.9 Å². The third-order valence-corrected chi connectivity index (χ3v) is 5.69. The second kappa shape index (κ2) is 8.58. The summed E-state index contributed by atoms with van der Waals surface area (Å²) in [7, 11) is 0. The van der Waals surface area contributed by atoms with Gasteiger partial charge in [-0.1, -0.05) is 13.8 Å². The fourth-order valence-corrected chi connectivity index (χ4v) is 4.53. The van der Waals surface area contributed by atoms with Crippen molar-refractivity contribution in [3.63, 3.8) is 0 Å². The zero-order chi connectivity index (χ0) is 14.2. The molecule has 2 heterocycles. The fraction of sp³-hybridized carbons (Fsp3) is 0.588. The second-order valence-electron chi connectivity index (χ2n) is 5.01. The van der Waals surface area contributed by atoms with E-state index in [2.05, 4.69) is 16.4 Å². The number of thiazole rings is 1. The van der Waals surface area contributed by atoms with Crippen LogP contribution in [0.25, 0.3) is 0 Å². The van der Waals surface area contributed by atoms with Gasteiger partial charge in [0.1, 0.15) is 0 Å². The third kappa shape index (κ3) is 4.16. The summed E-state index contributed by atoms with van der Waals surface area (Å²) in [4.78, 5) is 7.44. The molecule has 2 aromatic heterocycles. The molecule has 4 rings (SSSR count). The lowest BCUT2D eigenvalue weighted by Crippen LogP contribution is -1.98. The maximum Gasteiger partial charge on any atom is 0.0797 e. The molecule has 2 aromatic rings. The molecule has 20 heavy (non-hydrogen) atoms. The van der Waals surface area contributed by atoms with Gasteiger partial charge < -0.3 is 0 Å². The Morgan fingerprint density at radius 3 is 2.30 bits per heavy atom. The zero-order valence-corrected chi connectivity index (χ0v) is 14.3. The first-order valence-electron chi connectivity index (χ1n) is 7.90. The minimum Gasteiger partial charge on any atom is -0.249 e. The Labute approximate surface area is 131 Å². The molecule has 1 nitrogen and oxygen atoms in total. The van der Waals surface area contributed by atoms with Crippen molar-refractivity contribution in [2.75, 3.05) is 0 Å². The highest BCUT2D eigenvalue weighted by Crippen LogP contribution is 2.25. The number of fused-ring (bicyclic) bond motifs is 2. The predicted molar refractivity (Wildman–Crippen MR) is 91.1 cm³/mol. The highest BCUT2D eigenvalue weighted by molar-refractivity contribution is 7.10. The minimum atomic E-state index is 1.22. The normalized spacial score (nSPS) is 15.9. The van der Waals surface area contributed by atoms with Gasteiger partial charge in [-0.25, -0.2) is 4.98 Å². The Morgan fingerprint density at radius 2 is 1.55 bits per heavy atom. The van der Waals surface area contributed by atoms with E-state index >= 15 is 0 Å². The number of hydrogen-bond acceptors (Lipinski definition) is 3. The molecule has 0 spiro atoms. The Balaban J connectivity index is 0.000000131. The average molecular weight is 308 g/mol. The first-order chi connectivity index (χ1) is 9.93. The van der Waals surface area contributed by atoms with Crippen LogP contribution in [0, 0.1) is 0 Å². The van der Waals surface area contributed by atoms with Gasteiger partial charge in [0.2, 0.25) is 0 Å². The van der Waals surface area contributed by atoms with Crippen LogP contribution in [-0.2, 0) is 25.7 Å². The zero-order valence-electron chi connectivity index (χ0n) is 12.7. The molecule has 0 unspecified atom stereocenters. The minimum absolute atomic E-state index is 1.22. The van der Waals surface area contributed by atoms with Gasteiger partial charge in [0.15, 0.2) is 0 Å². The summed E-state index contributed by atoms with van der Waals surface area (Å²) in [6, 6.07) is 2.28. The van der Waals surface area contributed by atoms with E-state index in [1.54, 1.807) is 10.4 Å². The van der Waals surface area contributed by atoms with Crippen molar-refractivity contribution in [3.05, 3.63) is 38.0 Å². The van der Waals surface area contributed by atoms with Gasteiger partial charge in [-0.15, -0.1) is 22.7 Å². The quantitative estimate of drug-likeness (QED) is 0.610. The van der Waals surface area contributed by atoms with Crippen molar-refractivity contribution in [2.24, 2.45) is 0 Å². The number of hydrogen-bond donors (Lipinski definition) is 0. The molecule has 0 amide bonds. The molecular weight excluding hydrogens is 282 g/mol. The van der Waals surface area contributed by atoms with Crippen LogP contribution in [-0.4, -0.2) is 4.98 Å². The van der Waals surface area contributed by atoms with Gasteiger partial charge in [0.05, 0.1) is 11.2 Å². The van der Waals surface area contributed by atoms with Gasteiger partial charge >= 0.3 is 0 Å². The summed E-state index contributed by atoms with van der Waals surface area (Å²) in [6.45, 7) is 4.00. The summed E-state index contributed by atoms with van der Waals surface area (Å²) >= 11 is 3.74. The lowest BCUT2D eigenvalue weighted by molar-refractivity contribution is 0.682. The van der Waals surface area contributed by atoms with Gasteiger partial charge in [-0.2, -0.15) is 0 Å². The molecule has 0 saturated carbocycles. The van der Waals surface area contributed by atoms with E-state index < -0.39 is 0 Å². The summed E-state index contributed by atoms with van der Waals surface area (Å²) in [5.41, 5.74) is 4.95. The largest absolute Gasteiger partial charge is 0.249 e. The molecule has 0 bridgehead atoms. The first kappa shape index (κ1) is 15.7. The standard InChI is InChI=1S/C8H10S.C7H9NS.C2H6/c1-2-4-8-7(3-1)5-6-9-8;1-2-4-7-6(3-1)8-5-9-7;1-2/h5-6H,1-4H2;5H,1-4H2;1-2H3. The Bertz CT molecular complexity index is 411. The van der Waals surface area contributed by atoms with E-state index in [0.717, 1.165) is 0 Å². The summed E-state index contributed by atoms with van der Waals surface area (Å²) in [6.07, 6.45) is 10.7. The van der Waals surface area contributed by atoms with Crippen LogP contribution in [0.3, 0.4) is 0 Å². The molecule has 0 aromatic carbocycles. The van der Waals surface area contributed by atoms with E-state index in [0.29, 0.717) is 0 Å². The summed E-state index contributed by atoms with van der Waals surface area (Å²) < 4.78 is 0. The van der Waals surface area contributed by atoms with E-state index in [9.17, 15) is 0 Å². The van der Waals surface area contributed by atoms with Gasteiger partial charge in [-0.05, 0) is 68.4 Å². The molecule has 0 fully saturated rings. The van der Waals surface area contributed by atoms with Crippen LogP contribution in [0.5, 0.6) is 0 Å². The van der Waals surface area contributed by atoms with Crippen molar-refractivity contribution in [1.82, 2.24) is 4.98 Å². The predicted octanol–water partition coefficient (Wildman–Crippen LogP) is 5.68. The van der Waals surface area contributed by atoms with Crippen LogP contribution in [0.1, 0.15) is 60.5 Å². The van der Waals surface area contributed by atoms with Crippen LogP contribution >= 0.6 is 22.7 Å². The molecule has 2 aliphatic rings. The summed E-state index contributed by atoms with van der Waals surface area (Å²) in [5, 5.41) is 2.22. The first-order valence-corrected chi connectivity index (χ1v) is 9.66. The summed E-state index contributed by atoms with van der Waals surface area (Å²) in [5.74, 6) is 0. The molecule has 0 aliphatic heterocycles. The number of rotatable bonds is 0. The number of aryl methyl sites for hydroxylation is 4. The fourth-order valence-electron chi connectivity index (χ4n) is 2.69. The average Bonchev–Trinajstić information content (AvgIpc) is 3.18. The number of nitrogens with zero attached hydrogens (tertiary/aromatic N) is 1. The highest BCUT2D eigenvalue weighted by atomic mass is 32.1. The van der Waals surface area contributed by atoms with Crippen LogP contribution < -0.4 is 0 Å². The molecule has 3 heteroatoms. The number of thiophene rings is 1. The maximum atomic E-state index is 4.28. The van der Waals surface area contributed by atoms with Gasteiger partial charge in [0.25, 0.3) is 0 Å². The van der Waals surface area contributed by atoms with Crippen molar-refractivity contribution < 1.29 is 0 Å². The Kier molecular flexibility index (Phi) is 6.74. The van der Waals surface area contributed by atoms with Crippen molar-refractivity contribution in [2.45, 2.75) is 65.2 Å². The van der Waals surface area contributed by atoms with Gasteiger partial charge in [0, 0.05) is 9.75 Å². The van der Waals surface area contributed by atoms with E-state index in [4.69, 9.17) is 0 Å². The Morgan fingerprint density at radius 1 is 0.850 bits per heavy atom. The molecule has 0 radical (unpaired) electrons. The molecule has 0 atom stereocenters. The smallest absolute Gasteiger partial charge is 0.0797 e. The maximum absolute atomic E-state index is 4.28. The topological polar surface area (TPSA) is 12.9 Å². The van der Waals surface area contributed by atoms with Crippen molar-refractivity contribution >= 4 is 22.7 Å². The van der Waals surface area contributed by atoms with E-state index in [-0.39, 0.29) is 0 Å². The molecule has 110 valence electrons. The molecular formula is C17H25NS2. The third-order valence-electron chi connectivity index (χ3n) is 3.73. The molecule has 0 N–H and O–H groups in total. The van der Waals surface area contributed by atoms with Crippen LogP contribution in [0.15, 0.2) is 17.0 Å². The monoisotopic (exact) mass is 307 g/mol.